The number of nitrogens with zero attached hydrogens (tertiary/aromatic N) is 2. The van der Waals surface area contributed by atoms with Crippen LogP contribution in [0.5, 0.6) is 11.5 Å². The van der Waals surface area contributed by atoms with E-state index in [0.29, 0.717) is 12.2 Å². The molecule has 0 bridgehead atoms. The zero-order chi connectivity index (χ0) is 17.3. The number of methoxy groups -OCH3 is 2. The van der Waals surface area contributed by atoms with Gasteiger partial charge < -0.3 is 19.0 Å². The first-order valence-corrected chi connectivity index (χ1v) is 7.98. The summed E-state index contributed by atoms with van der Waals surface area (Å²) < 4.78 is 12.8. The summed E-state index contributed by atoms with van der Waals surface area (Å²) in [5.41, 5.74) is 4.18. The van der Waals surface area contributed by atoms with Crippen molar-refractivity contribution in [1.29, 1.82) is 0 Å². The smallest absolute Gasteiger partial charge is 0.140 e. The third-order valence-electron chi connectivity index (χ3n) is 4.25. The average molecular weight is 326 g/mol. The van der Waals surface area contributed by atoms with E-state index in [1.165, 1.54) is 0 Å². The lowest BCUT2D eigenvalue weighted by atomic mass is 10.0. The van der Waals surface area contributed by atoms with Gasteiger partial charge in [-0.15, -0.1) is 0 Å². The Kier molecular flexibility index (Phi) is 4.44. The number of ether oxygens (including phenoxy) is 2. The van der Waals surface area contributed by atoms with Crippen LogP contribution < -0.4 is 9.47 Å². The van der Waals surface area contributed by atoms with E-state index in [2.05, 4.69) is 0 Å². The van der Waals surface area contributed by atoms with Gasteiger partial charge in [-0.3, -0.25) is 0 Å². The van der Waals surface area contributed by atoms with E-state index >= 15 is 0 Å². The second kappa shape index (κ2) is 6.53. The topological polar surface area (TPSA) is 56.0 Å². The number of aliphatic hydroxyl groups is 1. The van der Waals surface area contributed by atoms with Crippen molar-refractivity contribution >= 4 is 5.65 Å². The van der Waals surface area contributed by atoms with Gasteiger partial charge in [-0.25, -0.2) is 4.98 Å². The van der Waals surface area contributed by atoms with E-state index in [1.807, 2.05) is 54.8 Å². The highest BCUT2D eigenvalue weighted by Gasteiger charge is 2.23. The predicted molar refractivity (Wildman–Crippen MR) is 93.7 cm³/mol. The second-order valence-electron chi connectivity index (χ2n) is 5.72. The number of benzene rings is 1. The fraction of sp³-hybridized carbons (Fsp3) is 0.316. The standard InChI is InChI=1S/C19H22N2O3/c1-5-15(22)18-17(20-19-12(2)7-6-10-21(18)19)14-11-13(23-3)8-9-16(14)24-4/h6-11,15,22H,5H2,1-4H3. The van der Waals surface area contributed by atoms with Crippen molar-refractivity contribution in [2.24, 2.45) is 0 Å². The van der Waals surface area contributed by atoms with Crippen molar-refractivity contribution in [2.45, 2.75) is 26.4 Å². The molecule has 0 saturated carbocycles. The highest BCUT2D eigenvalue weighted by atomic mass is 16.5. The summed E-state index contributed by atoms with van der Waals surface area (Å²) >= 11 is 0. The van der Waals surface area contributed by atoms with Crippen LogP contribution in [0.4, 0.5) is 0 Å². The van der Waals surface area contributed by atoms with Crippen LogP contribution in [0.1, 0.15) is 30.7 Å². The van der Waals surface area contributed by atoms with Crippen molar-refractivity contribution in [3.63, 3.8) is 0 Å². The van der Waals surface area contributed by atoms with Gasteiger partial charge in [0.1, 0.15) is 17.1 Å². The number of hydrogen-bond donors (Lipinski definition) is 1. The SMILES string of the molecule is CCC(O)c1c(-c2cc(OC)ccc2OC)nc2c(C)cccn12. The van der Waals surface area contributed by atoms with Gasteiger partial charge in [-0.2, -0.15) is 0 Å². The first-order valence-electron chi connectivity index (χ1n) is 7.98. The molecule has 2 heterocycles. The molecule has 0 aliphatic rings. The van der Waals surface area contributed by atoms with Gasteiger partial charge >= 0.3 is 0 Å². The molecule has 5 nitrogen and oxygen atoms in total. The van der Waals surface area contributed by atoms with Crippen molar-refractivity contribution in [1.82, 2.24) is 9.38 Å². The first-order chi connectivity index (χ1) is 11.6. The first kappa shape index (κ1) is 16.3. The molecule has 126 valence electrons. The van der Waals surface area contributed by atoms with E-state index in [9.17, 15) is 5.11 Å². The van der Waals surface area contributed by atoms with E-state index in [-0.39, 0.29) is 0 Å². The Labute approximate surface area is 141 Å². The molecule has 0 aliphatic carbocycles. The minimum atomic E-state index is -0.618. The Hall–Kier alpha value is -2.53. The predicted octanol–water partition coefficient (Wildman–Crippen LogP) is 3.77. The van der Waals surface area contributed by atoms with Gasteiger partial charge in [0.25, 0.3) is 0 Å². The van der Waals surface area contributed by atoms with Crippen molar-refractivity contribution in [3.8, 4) is 22.8 Å². The Morgan fingerprint density at radius 1 is 1.21 bits per heavy atom. The molecule has 0 saturated heterocycles. The van der Waals surface area contributed by atoms with Gasteiger partial charge in [0.2, 0.25) is 0 Å². The maximum Gasteiger partial charge on any atom is 0.140 e. The number of fused-ring (bicyclic) bond motifs is 1. The van der Waals surface area contributed by atoms with Crippen molar-refractivity contribution in [3.05, 3.63) is 47.8 Å². The molecule has 1 atom stereocenters. The van der Waals surface area contributed by atoms with Crippen LogP contribution in [-0.4, -0.2) is 28.7 Å². The fourth-order valence-electron chi connectivity index (χ4n) is 2.93. The average Bonchev–Trinajstić information content (AvgIpc) is 3.01. The van der Waals surface area contributed by atoms with Gasteiger partial charge in [-0.05, 0) is 43.2 Å². The van der Waals surface area contributed by atoms with E-state index in [1.54, 1.807) is 14.2 Å². The van der Waals surface area contributed by atoms with Gasteiger partial charge in [-0.1, -0.05) is 13.0 Å². The number of aliphatic hydroxyl groups excluding tert-OH is 1. The summed E-state index contributed by atoms with van der Waals surface area (Å²) in [6.07, 6.45) is 1.91. The third-order valence-corrected chi connectivity index (χ3v) is 4.25. The number of rotatable bonds is 5. The largest absolute Gasteiger partial charge is 0.497 e. The number of aryl methyl sites for hydroxylation is 1. The number of imidazole rings is 1. The molecule has 1 unspecified atom stereocenters. The van der Waals surface area contributed by atoms with Gasteiger partial charge in [0.05, 0.1) is 31.7 Å². The van der Waals surface area contributed by atoms with Crippen molar-refractivity contribution in [2.75, 3.05) is 14.2 Å². The van der Waals surface area contributed by atoms with Crippen LogP contribution in [0.25, 0.3) is 16.9 Å². The molecule has 1 N–H and O–H groups in total. The van der Waals surface area contributed by atoms with Crippen LogP contribution in [0.3, 0.4) is 0 Å². The van der Waals surface area contributed by atoms with Crippen LogP contribution in [0, 0.1) is 6.92 Å². The second-order valence-corrected chi connectivity index (χ2v) is 5.72. The molecule has 3 rings (SSSR count). The van der Waals surface area contributed by atoms with Crippen molar-refractivity contribution < 1.29 is 14.6 Å². The van der Waals surface area contributed by atoms with Crippen LogP contribution in [0.2, 0.25) is 0 Å². The van der Waals surface area contributed by atoms with E-state index in [4.69, 9.17) is 14.5 Å². The molecule has 5 heteroatoms. The highest BCUT2D eigenvalue weighted by molar-refractivity contribution is 5.74. The lowest BCUT2D eigenvalue weighted by Gasteiger charge is -2.13. The van der Waals surface area contributed by atoms with Gasteiger partial charge in [0.15, 0.2) is 0 Å². The molecule has 3 aromatic rings. The van der Waals surface area contributed by atoms with E-state index < -0.39 is 6.10 Å². The molecule has 0 spiro atoms. The minimum absolute atomic E-state index is 0.598. The quantitative estimate of drug-likeness (QED) is 0.775. The third kappa shape index (κ3) is 2.61. The zero-order valence-electron chi connectivity index (χ0n) is 14.4. The molecule has 0 aliphatic heterocycles. The number of hydrogen-bond acceptors (Lipinski definition) is 4. The molecular weight excluding hydrogens is 304 g/mol. The Bertz CT molecular complexity index is 870. The summed E-state index contributed by atoms with van der Waals surface area (Å²) in [4.78, 5) is 4.80. The summed E-state index contributed by atoms with van der Waals surface area (Å²) in [6, 6.07) is 9.56. The summed E-state index contributed by atoms with van der Waals surface area (Å²) in [6.45, 7) is 3.96. The Morgan fingerprint density at radius 2 is 2.00 bits per heavy atom. The summed E-state index contributed by atoms with van der Waals surface area (Å²) in [5, 5.41) is 10.6. The molecule has 0 amide bonds. The maximum atomic E-state index is 10.6. The number of pyridine rings is 1. The minimum Gasteiger partial charge on any atom is -0.497 e. The molecule has 1 aromatic carbocycles. The normalized spacial score (nSPS) is 12.4. The lowest BCUT2D eigenvalue weighted by molar-refractivity contribution is 0.168. The molecule has 2 aromatic heterocycles. The molecule has 0 fully saturated rings. The number of aromatic nitrogens is 2. The molecular formula is C19H22N2O3. The van der Waals surface area contributed by atoms with Crippen LogP contribution in [-0.2, 0) is 0 Å². The summed E-state index contributed by atoms with van der Waals surface area (Å²) in [5.74, 6) is 1.41. The Balaban J connectivity index is 2.35. The molecule has 24 heavy (non-hydrogen) atoms. The fourth-order valence-corrected chi connectivity index (χ4v) is 2.93. The molecule has 0 radical (unpaired) electrons. The summed E-state index contributed by atoms with van der Waals surface area (Å²) in [7, 11) is 3.25. The zero-order valence-corrected chi connectivity index (χ0v) is 14.4. The maximum absolute atomic E-state index is 10.6. The van der Waals surface area contributed by atoms with Crippen LogP contribution >= 0.6 is 0 Å². The van der Waals surface area contributed by atoms with Crippen LogP contribution in [0.15, 0.2) is 36.5 Å². The lowest BCUT2D eigenvalue weighted by Crippen LogP contribution is -2.03. The van der Waals surface area contributed by atoms with Gasteiger partial charge in [0, 0.05) is 11.8 Å². The highest BCUT2D eigenvalue weighted by Crippen LogP contribution is 2.38. The van der Waals surface area contributed by atoms with E-state index in [0.717, 1.165) is 33.9 Å². The Morgan fingerprint density at radius 3 is 2.67 bits per heavy atom. The monoisotopic (exact) mass is 326 g/mol.